The summed E-state index contributed by atoms with van der Waals surface area (Å²) >= 11 is 0. The highest BCUT2D eigenvalue weighted by Crippen LogP contribution is 2.08. The lowest BCUT2D eigenvalue weighted by Crippen LogP contribution is -2.30. The molecule has 0 aliphatic carbocycles. The zero-order chi connectivity index (χ0) is 11.2. The van der Waals surface area contributed by atoms with Gasteiger partial charge < -0.3 is 4.90 Å². The van der Waals surface area contributed by atoms with Crippen molar-refractivity contribution in [3.63, 3.8) is 0 Å². The van der Waals surface area contributed by atoms with Crippen LogP contribution in [0.5, 0.6) is 0 Å². The van der Waals surface area contributed by atoms with Gasteiger partial charge in [-0.15, -0.1) is 0 Å². The van der Waals surface area contributed by atoms with Crippen molar-refractivity contribution in [2.75, 3.05) is 26.8 Å². The molecule has 2 heteroatoms. The van der Waals surface area contributed by atoms with E-state index in [0.717, 1.165) is 0 Å². The van der Waals surface area contributed by atoms with Gasteiger partial charge in [0.15, 0.2) is 0 Å². The minimum atomic E-state index is 0.500. The molecule has 0 aromatic rings. The molecule has 0 N–H and O–H groups in total. The first kappa shape index (κ1) is 16.3. The van der Waals surface area contributed by atoms with E-state index in [1.165, 1.54) is 51.7 Å². The van der Waals surface area contributed by atoms with Crippen molar-refractivity contribution in [3.05, 3.63) is 0 Å². The number of piperidine rings is 1. The van der Waals surface area contributed by atoms with E-state index in [-0.39, 0.29) is 0 Å². The van der Waals surface area contributed by atoms with Crippen LogP contribution in [0.15, 0.2) is 0 Å². The fourth-order valence-corrected chi connectivity index (χ4v) is 1.56. The molecule has 0 aromatic carbocycles. The molecule has 0 aromatic heterocycles. The second-order valence-corrected chi connectivity index (χ2v) is 3.26. The molecule has 1 nitrogen and oxygen atoms in total. The molecular formula is C12H28FN. The summed E-state index contributed by atoms with van der Waals surface area (Å²) in [6.07, 6.45) is 7.06. The fraction of sp³-hybridized carbons (Fsp3) is 1.00. The smallest absolute Gasteiger partial charge is 0.0785 e. The Morgan fingerprint density at radius 2 is 1.50 bits per heavy atom. The molecule has 14 heavy (non-hydrogen) atoms. The Balaban J connectivity index is 0. The molecule has 1 heterocycles. The minimum Gasteiger partial charge on any atom is -0.303 e. The maximum absolute atomic E-state index is 9.50. The first-order valence-corrected chi connectivity index (χ1v) is 6.03. The topological polar surface area (TPSA) is 3.24 Å². The zero-order valence-corrected chi connectivity index (χ0v) is 10.5. The van der Waals surface area contributed by atoms with Crippen LogP contribution < -0.4 is 0 Å². The first-order valence-electron chi connectivity index (χ1n) is 6.03. The van der Waals surface area contributed by atoms with E-state index in [0.29, 0.717) is 7.18 Å². The number of hydrogen-bond donors (Lipinski definition) is 0. The standard InChI is InChI=1S/C9H19N.C2H6.CH3F/c1-2-3-7-10-8-5-4-6-9-10;2*1-2/h2-9H2,1H3;1-2H3;1H3. The predicted molar refractivity (Wildman–Crippen MR) is 63.6 cm³/mol. The van der Waals surface area contributed by atoms with Gasteiger partial charge in [0.1, 0.15) is 0 Å². The van der Waals surface area contributed by atoms with Gasteiger partial charge in [-0.2, -0.15) is 0 Å². The second-order valence-electron chi connectivity index (χ2n) is 3.26. The third kappa shape index (κ3) is 9.97. The minimum absolute atomic E-state index is 0.500. The average Bonchev–Trinajstić information content (AvgIpc) is 2.33. The number of nitrogens with zero attached hydrogens (tertiary/aromatic N) is 1. The van der Waals surface area contributed by atoms with Gasteiger partial charge >= 0.3 is 0 Å². The maximum Gasteiger partial charge on any atom is 0.0785 e. The van der Waals surface area contributed by atoms with Gasteiger partial charge in [-0.25, -0.2) is 0 Å². The van der Waals surface area contributed by atoms with Crippen LogP contribution in [-0.4, -0.2) is 31.7 Å². The number of likely N-dealkylation sites (tertiary alicyclic amines) is 1. The van der Waals surface area contributed by atoms with Crippen molar-refractivity contribution in [1.82, 2.24) is 4.90 Å². The Hall–Kier alpha value is -0.110. The third-order valence-electron chi connectivity index (χ3n) is 2.28. The largest absolute Gasteiger partial charge is 0.303 e. The van der Waals surface area contributed by atoms with Gasteiger partial charge in [0.25, 0.3) is 0 Å². The van der Waals surface area contributed by atoms with Crippen molar-refractivity contribution >= 4 is 0 Å². The Morgan fingerprint density at radius 3 is 1.93 bits per heavy atom. The summed E-state index contributed by atoms with van der Waals surface area (Å²) in [6, 6.07) is 0. The van der Waals surface area contributed by atoms with Gasteiger partial charge in [-0.3, -0.25) is 4.39 Å². The van der Waals surface area contributed by atoms with Crippen LogP contribution in [0, 0.1) is 0 Å². The van der Waals surface area contributed by atoms with Crippen molar-refractivity contribution in [3.8, 4) is 0 Å². The van der Waals surface area contributed by atoms with Gasteiger partial charge in [-0.1, -0.05) is 33.6 Å². The summed E-state index contributed by atoms with van der Waals surface area (Å²) in [5.41, 5.74) is 0. The van der Waals surface area contributed by atoms with Gasteiger partial charge in [0.05, 0.1) is 7.18 Å². The average molecular weight is 205 g/mol. The highest BCUT2D eigenvalue weighted by Gasteiger charge is 2.07. The summed E-state index contributed by atoms with van der Waals surface area (Å²) in [5, 5.41) is 0. The Morgan fingerprint density at radius 1 is 1.00 bits per heavy atom. The summed E-state index contributed by atoms with van der Waals surface area (Å²) < 4.78 is 9.50. The lowest BCUT2D eigenvalue weighted by molar-refractivity contribution is 0.226. The van der Waals surface area contributed by atoms with Gasteiger partial charge in [0, 0.05) is 0 Å². The summed E-state index contributed by atoms with van der Waals surface area (Å²) in [7, 11) is 0.500. The van der Waals surface area contributed by atoms with Crippen LogP contribution in [0.1, 0.15) is 52.9 Å². The quantitative estimate of drug-likeness (QED) is 0.676. The lowest BCUT2D eigenvalue weighted by Gasteiger charge is -2.25. The van der Waals surface area contributed by atoms with E-state index < -0.39 is 0 Å². The Bertz CT molecular complexity index is 80.4. The normalized spacial score (nSPS) is 16.1. The molecule has 0 unspecified atom stereocenters. The summed E-state index contributed by atoms with van der Waals surface area (Å²) in [6.45, 7) is 10.3. The number of halogens is 1. The molecule has 0 spiro atoms. The highest BCUT2D eigenvalue weighted by atomic mass is 19.1. The Labute approximate surface area is 89.7 Å². The van der Waals surface area contributed by atoms with E-state index in [9.17, 15) is 4.39 Å². The zero-order valence-electron chi connectivity index (χ0n) is 10.5. The van der Waals surface area contributed by atoms with Crippen LogP contribution in [0.4, 0.5) is 4.39 Å². The van der Waals surface area contributed by atoms with E-state index in [1.807, 2.05) is 13.8 Å². The van der Waals surface area contributed by atoms with Crippen LogP contribution in [0.3, 0.4) is 0 Å². The number of alkyl halides is 1. The molecule has 0 amide bonds. The van der Waals surface area contributed by atoms with Crippen LogP contribution >= 0.6 is 0 Å². The molecule has 0 radical (unpaired) electrons. The maximum atomic E-state index is 9.50. The second kappa shape index (κ2) is 15.4. The van der Waals surface area contributed by atoms with Gasteiger partial charge in [-0.05, 0) is 38.9 Å². The molecule has 1 rings (SSSR count). The van der Waals surface area contributed by atoms with Gasteiger partial charge in [0.2, 0.25) is 0 Å². The van der Waals surface area contributed by atoms with Crippen LogP contribution in [0.2, 0.25) is 0 Å². The Kier molecular flexibility index (Phi) is 17.9. The molecule has 0 bridgehead atoms. The summed E-state index contributed by atoms with van der Waals surface area (Å²) in [4.78, 5) is 2.60. The van der Waals surface area contributed by atoms with Crippen molar-refractivity contribution in [2.45, 2.75) is 52.9 Å². The molecule has 0 atom stereocenters. The van der Waals surface area contributed by atoms with E-state index >= 15 is 0 Å². The lowest BCUT2D eigenvalue weighted by atomic mass is 10.1. The summed E-state index contributed by atoms with van der Waals surface area (Å²) in [5.74, 6) is 0. The number of hydrogen-bond acceptors (Lipinski definition) is 1. The van der Waals surface area contributed by atoms with Crippen LogP contribution in [-0.2, 0) is 0 Å². The number of unbranched alkanes of at least 4 members (excludes halogenated alkanes) is 1. The molecule has 1 aliphatic heterocycles. The van der Waals surface area contributed by atoms with Crippen molar-refractivity contribution in [1.29, 1.82) is 0 Å². The molecule has 1 saturated heterocycles. The fourth-order valence-electron chi connectivity index (χ4n) is 1.56. The molecule has 1 fully saturated rings. The van der Waals surface area contributed by atoms with E-state index in [4.69, 9.17) is 0 Å². The monoisotopic (exact) mass is 205 g/mol. The SMILES string of the molecule is CC.CCCCN1CCCCC1.CF. The van der Waals surface area contributed by atoms with Crippen molar-refractivity contribution in [2.24, 2.45) is 0 Å². The molecule has 1 aliphatic rings. The van der Waals surface area contributed by atoms with Crippen molar-refractivity contribution < 1.29 is 4.39 Å². The molecular weight excluding hydrogens is 177 g/mol. The third-order valence-corrected chi connectivity index (χ3v) is 2.28. The molecule has 88 valence electrons. The van der Waals surface area contributed by atoms with E-state index in [1.54, 1.807) is 0 Å². The molecule has 0 saturated carbocycles. The predicted octanol–water partition coefficient (Wildman–Crippen LogP) is 3.88. The highest BCUT2D eigenvalue weighted by molar-refractivity contribution is 4.63. The first-order chi connectivity index (χ1) is 6.93. The van der Waals surface area contributed by atoms with E-state index in [2.05, 4.69) is 11.8 Å². The van der Waals surface area contributed by atoms with Crippen LogP contribution in [0.25, 0.3) is 0 Å². The number of rotatable bonds is 3.